The van der Waals surface area contributed by atoms with E-state index in [2.05, 4.69) is 22.7 Å². The third-order valence-corrected chi connectivity index (χ3v) is 4.84. The van der Waals surface area contributed by atoms with Gasteiger partial charge < -0.3 is 0 Å². The molecule has 0 atom stereocenters. The smallest absolute Gasteiger partial charge is 0.267 e. The van der Waals surface area contributed by atoms with Gasteiger partial charge in [0, 0.05) is 16.7 Å². The van der Waals surface area contributed by atoms with E-state index < -0.39 is 0 Å². The Morgan fingerprint density at radius 2 is 1.32 bits per heavy atom. The molecule has 3 aromatic rings. The minimum absolute atomic E-state index is 0.332. The van der Waals surface area contributed by atoms with Gasteiger partial charge in [-0.3, -0.25) is 4.79 Å². The van der Waals surface area contributed by atoms with Crippen LogP contribution in [-0.4, -0.2) is 11.6 Å². The molecule has 1 N–H and O–H groups in total. The Morgan fingerprint density at radius 3 is 1.88 bits per heavy atom. The summed E-state index contributed by atoms with van der Waals surface area (Å²) in [5, 5.41) is 5.11. The van der Waals surface area contributed by atoms with E-state index in [4.69, 9.17) is 23.2 Å². The van der Waals surface area contributed by atoms with Crippen LogP contribution in [0, 0.1) is 0 Å². The van der Waals surface area contributed by atoms with Gasteiger partial charge in [-0.25, -0.2) is 5.43 Å². The Bertz CT molecular complexity index is 980. The Morgan fingerprint density at radius 1 is 0.760 bits per heavy atom. The van der Waals surface area contributed by atoms with Gasteiger partial charge in [-0.15, -0.1) is 0 Å². The molecule has 0 heterocycles. The zero-order chi connectivity index (χ0) is 17.4. The summed E-state index contributed by atoms with van der Waals surface area (Å²) in [5.74, 6) is -0.340. The van der Waals surface area contributed by atoms with Crippen molar-refractivity contribution >= 4 is 34.8 Å². The first kappa shape index (κ1) is 15.9. The lowest BCUT2D eigenvalue weighted by Gasteiger charge is -2.05. The van der Waals surface area contributed by atoms with Gasteiger partial charge in [0.25, 0.3) is 5.91 Å². The fourth-order valence-corrected chi connectivity index (χ4v) is 3.22. The monoisotopic (exact) mass is 366 g/mol. The number of benzene rings is 3. The highest BCUT2D eigenvalue weighted by atomic mass is 35.5. The maximum Gasteiger partial charge on any atom is 0.271 e. The second-order valence-corrected chi connectivity index (χ2v) is 6.44. The summed E-state index contributed by atoms with van der Waals surface area (Å²) in [6.45, 7) is 0. The van der Waals surface area contributed by atoms with Crippen molar-refractivity contribution < 1.29 is 4.79 Å². The molecule has 25 heavy (non-hydrogen) atoms. The highest BCUT2D eigenvalue weighted by molar-refractivity contribution is 6.42. The molecular weight excluding hydrogens is 355 g/mol. The Labute approximate surface area is 154 Å². The molecule has 1 aliphatic carbocycles. The standard InChI is InChI=1S/C20H12Cl2N2O/c21-17-10-9-12(11-18(17)22)20(25)24-23-19-15-7-3-1-5-13(15)14-6-2-4-8-16(14)19/h1-11H,(H,24,25). The molecule has 0 fully saturated rings. The third-order valence-electron chi connectivity index (χ3n) is 4.11. The summed E-state index contributed by atoms with van der Waals surface area (Å²) in [6, 6.07) is 20.7. The molecule has 0 radical (unpaired) electrons. The molecule has 3 nitrogen and oxygen atoms in total. The van der Waals surface area contributed by atoms with Crippen molar-refractivity contribution in [1.29, 1.82) is 0 Å². The van der Waals surface area contributed by atoms with Crippen LogP contribution in [0.2, 0.25) is 10.0 Å². The molecule has 4 rings (SSSR count). The number of amides is 1. The third kappa shape index (κ3) is 2.82. The summed E-state index contributed by atoms with van der Waals surface area (Å²) >= 11 is 11.9. The van der Waals surface area contributed by atoms with E-state index in [1.165, 1.54) is 6.07 Å². The molecule has 1 aliphatic rings. The zero-order valence-corrected chi connectivity index (χ0v) is 14.5. The van der Waals surface area contributed by atoms with E-state index in [9.17, 15) is 4.79 Å². The number of hydrogen-bond acceptors (Lipinski definition) is 2. The maximum atomic E-state index is 12.4. The quantitative estimate of drug-likeness (QED) is 0.489. The van der Waals surface area contributed by atoms with Crippen molar-refractivity contribution in [2.45, 2.75) is 0 Å². The van der Waals surface area contributed by atoms with E-state index in [0.717, 1.165) is 28.0 Å². The van der Waals surface area contributed by atoms with Crippen molar-refractivity contribution in [3.8, 4) is 11.1 Å². The van der Waals surface area contributed by atoms with Crippen molar-refractivity contribution in [1.82, 2.24) is 5.43 Å². The summed E-state index contributed by atoms with van der Waals surface area (Å²) in [6.07, 6.45) is 0. The number of nitrogens with one attached hydrogen (secondary N) is 1. The van der Waals surface area contributed by atoms with Crippen LogP contribution in [0.5, 0.6) is 0 Å². The largest absolute Gasteiger partial charge is 0.271 e. The van der Waals surface area contributed by atoms with Gasteiger partial charge >= 0.3 is 0 Å². The van der Waals surface area contributed by atoms with Crippen molar-refractivity contribution in [3.05, 3.63) is 93.5 Å². The van der Waals surface area contributed by atoms with Gasteiger partial charge in [0.1, 0.15) is 0 Å². The van der Waals surface area contributed by atoms with E-state index in [0.29, 0.717) is 15.6 Å². The molecule has 122 valence electrons. The van der Waals surface area contributed by atoms with Gasteiger partial charge in [0.05, 0.1) is 15.8 Å². The van der Waals surface area contributed by atoms with E-state index in [-0.39, 0.29) is 5.91 Å². The lowest BCUT2D eigenvalue weighted by Crippen LogP contribution is -2.20. The minimum Gasteiger partial charge on any atom is -0.267 e. The fraction of sp³-hybridized carbons (Fsp3) is 0. The van der Waals surface area contributed by atoms with Crippen LogP contribution >= 0.6 is 23.2 Å². The topological polar surface area (TPSA) is 41.5 Å². The molecule has 5 heteroatoms. The Kier molecular flexibility index (Phi) is 4.04. The average molecular weight is 367 g/mol. The van der Waals surface area contributed by atoms with Gasteiger partial charge in [-0.1, -0.05) is 71.7 Å². The lowest BCUT2D eigenvalue weighted by molar-refractivity contribution is 0.0955. The highest BCUT2D eigenvalue weighted by Crippen LogP contribution is 2.36. The van der Waals surface area contributed by atoms with Crippen molar-refractivity contribution in [2.75, 3.05) is 0 Å². The lowest BCUT2D eigenvalue weighted by atomic mass is 10.1. The summed E-state index contributed by atoms with van der Waals surface area (Å²) < 4.78 is 0. The summed E-state index contributed by atoms with van der Waals surface area (Å²) in [7, 11) is 0. The van der Waals surface area contributed by atoms with Crippen molar-refractivity contribution in [2.24, 2.45) is 5.10 Å². The maximum absolute atomic E-state index is 12.4. The van der Waals surface area contributed by atoms with Crippen LogP contribution in [0.1, 0.15) is 21.5 Å². The Hall–Kier alpha value is -2.62. The first-order valence-electron chi connectivity index (χ1n) is 7.67. The Balaban J connectivity index is 1.69. The second kappa shape index (κ2) is 6.36. The first-order valence-corrected chi connectivity index (χ1v) is 8.43. The molecule has 0 bridgehead atoms. The molecule has 1 amide bonds. The molecule has 0 unspecified atom stereocenters. The van der Waals surface area contributed by atoms with Gasteiger partial charge in [-0.05, 0) is 29.3 Å². The molecular formula is C20H12Cl2N2O. The van der Waals surface area contributed by atoms with Crippen molar-refractivity contribution in [3.63, 3.8) is 0 Å². The normalized spacial score (nSPS) is 11.7. The number of nitrogens with zero attached hydrogens (tertiary/aromatic N) is 1. The van der Waals surface area contributed by atoms with E-state index in [1.807, 2.05) is 36.4 Å². The average Bonchev–Trinajstić information content (AvgIpc) is 2.96. The second-order valence-electron chi connectivity index (χ2n) is 5.62. The fourth-order valence-electron chi connectivity index (χ4n) is 2.92. The first-order chi connectivity index (χ1) is 12.1. The number of hydrazone groups is 1. The minimum atomic E-state index is -0.340. The van der Waals surface area contributed by atoms with E-state index >= 15 is 0 Å². The number of rotatable bonds is 2. The van der Waals surface area contributed by atoms with Gasteiger partial charge in [0.15, 0.2) is 0 Å². The van der Waals surface area contributed by atoms with Gasteiger partial charge in [-0.2, -0.15) is 5.10 Å². The van der Waals surface area contributed by atoms with Crippen LogP contribution in [-0.2, 0) is 0 Å². The number of carbonyl (C=O) groups is 1. The molecule has 0 saturated heterocycles. The van der Waals surface area contributed by atoms with Crippen LogP contribution < -0.4 is 5.43 Å². The predicted octanol–water partition coefficient (Wildman–Crippen LogP) is 5.16. The summed E-state index contributed by atoms with van der Waals surface area (Å²) in [4.78, 5) is 12.4. The number of carbonyl (C=O) groups excluding carboxylic acids is 1. The zero-order valence-electron chi connectivity index (χ0n) is 13.0. The number of fused-ring (bicyclic) bond motifs is 3. The number of hydrogen-bond donors (Lipinski definition) is 1. The van der Waals surface area contributed by atoms with Crippen LogP contribution in [0.15, 0.2) is 71.8 Å². The van der Waals surface area contributed by atoms with Gasteiger partial charge in [0.2, 0.25) is 0 Å². The van der Waals surface area contributed by atoms with Crippen LogP contribution in [0.25, 0.3) is 11.1 Å². The summed E-state index contributed by atoms with van der Waals surface area (Å²) in [5.41, 5.74) is 7.99. The molecule has 0 aliphatic heterocycles. The SMILES string of the molecule is O=C(NN=C1c2ccccc2-c2ccccc21)c1ccc(Cl)c(Cl)c1. The van der Waals surface area contributed by atoms with E-state index in [1.54, 1.807) is 12.1 Å². The predicted molar refractivity (Wildman–Crippen MR) is 101 cm³/mol. The molecule has 0 aromatic heterocycles. The number of halogens is 2. The molecule has 0 spiro atoms. The molecule has 0 saturated carbocycles. The van der Waals surface area contributed by atoms with Crippen LogP contribution in [0.3, 0.4) is 0 Å². The molecule has 3 aromatic carbocycles. The van der Waals surface area contributed by atoms with Crippen LogP contribution in [0.4, 0.5) is 0 Å². The highest BCUT2D eigenvalue weighted by Gasteiger charge is 2.24.